The zero-order chi connectivity index (χ0) is 35.4. The number of ketones is 1. The van der Waals surface area contributed by atoms with Gasteiger partial charge in [0.15, 0.2) is 0 Å². The molecule has 8 unspecified atom stereocenters. The van der Waals surface area contributed by atoms with Gasteiger partial charge in [0.1, 0.15) is 5.78 Å². The van der Waals surface area contributed by atoms with Gasteiger partial charge in [-0.25, -0.2) is 4.79 Å². The topological polar surface area (TPSA) is 151 Å². The van der Waals surface area contributed by atoms with Crippen LogP contribution in [-0.2, 0) is 28.7 Å². The van der Waals surface area contributed by atoms with E-state index in [4.69, 9.17) is 29.6 Å². The Kier molecular flexibility index (Phi) is 16.3. The molecule has 0 spiro atoms. The van der Waals surface area contributed by atoms with Crippen LogP contribution in [0.2, 0.25) is 0 Å². The highest BCUT2D eigenvalue weighted by molar-refractivity contribution is 5.83. The molecule has 0 aromatic rings. The first kappa shape index (κ1) is 41.1. The summed E-state index contributed by atoms with van der Waals surface area (Å²) in [5.74, 6) is 4.37. The Hall–Kier alpha value is -2.04. The number of hydrogen-bond donors (Lipinski definition) is 3. The lowest BCUT2D eigenvalue weighted by atomic mass is 9.44. The fraction of sp³-hybridized carbons (Fsp3) is 0.892. The van der Waals surface area contributed by atoms with E-state index in [-0.39, 0.29) is 32.8 Å². The maximum absolute atomic E-state index is 12.2. The number of Topliss-reactive ketones (excluding diaryl/α,β-unsaturated/α-hetero) is 1. The van der Waals surface area contributed by atoms with Gasteiger partial charge in [-0.1, -0.05) is 27.2 Å². The third-order valence-electron chi connectivity index (χ3n) is 12.2. The maximum Gasteiger partial charge on any atom is 0.349 e. The maximum atomic E-state index is 12.2. The molecule has 4 aliphatic rings. The first-order chi connectivity index (χ1) is 22.1. The fourth-order valence-corrected chi connectivity index (χ4v) is 9.84. The zero-order valence-corrected chi connectivity index (χ0v) is 30.3. The molecule has 47 heavy (non-hydrogen) atoms. The van der Waals surface area contributed by atoms with Crippen molar-refractivity contribution in [1.82, 2.24) is 4.90 Å². The zero-order valence-electron chi connectivity index (χ0n) is 30.3. The lowest BCUT2D eigenvalue weighted by molar-refractivity contribution is -0.178. The SMILES string of the molecule is CC(=O)C1CCC2C3CCC4CC(C)CCC4(C)C3CCC12C.CCOC(=O)C(C)(C)OC(=O)CN(CCCO)CCCO.O=CO. The molecule has 4 saturated carbocycles. The fourth-order valence-electron chi connectivity index (χ4n) is 9.84. The molecule has 3 N–H and O–H groups in total. The number of nitrogens with zero attached hydrogens (tertiary/aromatic N) is 1. The average molecular weight is 668 g/mol. The Labute approximate surface area is 283 Å². The Morgan fingerprint density at radius 1 is 0.915 bits per heavy atom. The Bertz CT molecular complexity index is 1010. The van der Waals surface area contributed by atoms with Gasteiger partial charge < -0.3 is 24.8 Å². The Morgan fingerprint density at radius 3 is 2.04 bits per heavy atom. The molecule has 8 atom stereocenters. The van der Waals surface area contributed by atoms with Crippen molar-refractivity contribution < 1.29 is 44.0 Å². The van der Waals surface area contributed by atoms with E-state index in [0.29, 0.717) is 48.5 Å². The number of aliphatic hydroxyl groups is 2. The molecule has 272 valence electrons. The minimum Gasteiger partial charge on any atom is -0.483 e. The molecule has 0 aliphatic heterocycles. The van der Waals surface area contributed by atoms with Crippen molar-refractivity contribution in [3.63, 3.8) is 0 Å². The number of aliphatic hydroxyl groups excluding tert-OH is 2. The number of esters is 2. The number of ether oxygens (including phenoxy) is 2. The molecule has 4 rings (SSSR count). The molecule has 0 amide bonds. The molecular weight excluding hydrogens is 602 g/mol. The normalized spacial score (nSPS) is 32.6. The summed E-state index contributed by atoms with van der Waals surface area (Å²) in [5, 5.41) is 24.6. The number of carboxylic acid groups (broad SMARTS) is 1. The second-order valence-electron chi connectivity index (χ2n) is 15.6. The summed E-state index contributed by atoms with van der Waals surface area (Å²) >= 11 is 0. The molecule has 0 bridgehead atoms. The summed E-state index contributed by atoms with van der Waals surface area (Å²) in [6.07, 6.45) is 13.6. The summed E-state index contributed by atoms with van der Waals surface area (Å²) in [7, 11) is 0. The van der Waals surface area contributed by atoms with E-state index in [1.165, 1.54) is 71.6 Å². The first-order valence-electron chi connectivity index (χ1n) is 18.1. The standard InChI is InChI=1S/C22H36O.C14H27NO6.CH2O2/c1-14-9-11-21(3)16(13-14)5-6-17-19-8-7-18(15(2)23)22(19,4)12-10-20(17)21;1-4-20-13(19)14(2,3)21-12(18)11-15(7-5-9-16)8-6-10-17;2-1-3/h14,16-20H,5-13H2,1-4H3;16-17H,4-11H2,1-3H3;1H,(H,2,3). The quantitative estimate of drug-likeness (QED) is 0.180. The van der Waals surface area contributed by atoms with Crippen molar-refractivity contribution in [1.29, 1.82) is 0 Å². The first-order valence-corrected chi connectivity index (χ1v) is 18.1. The van der Waals surface area contributed by atoms with E-state index >= 15 is 0 Å². The summed E-state index contributed by atoms with van der Waals surface area (Å²) in [4.78, 5) is 45.9. The highest BCUT2D eigenvalue weighted by atomic mass is 16.6. The Morgan fingerprint density at radius 2 is 1.49 bits per heavy atom. The van der Waals surface area contributed by atoms with E-state index in [1.807, 2.05) is 6.92 Å². The average Bonchev–Trinajstić information content (AvgIpc) is 3.37. The van der Waals surface area contributed by atoms with E-state index in [0.717, 1.165) is 29.6 Å². The van der Waals surface area contributed by atoms with Crippen LogP contribution in [0.3, 0.4) is 0 Å². The number of carbonyl (C=O) groups excluding carboxylic acids is 3. The minimum atomic E-state index is -1.33. The Balaban J connectivity index is 0.000000304. The van der Waals surface area contributed by atoms with Gasteiger partial charge in [0.05, 0.1) is 13.2 Å². The van der Waals surface area contributed by atoms with Crippen LogP contribution >= 0.6 is 0 Å². The lowest BCUT2D eigenvalue weighted by Crippen LogP contribution is -2.53. The van der Waals surface area contributed by atoms with Crippen LogP contribution in [-0.4, -0.2) is 89.5 Å². The van der Waals surface area contributed by atoms with Crippen molar-refractivity contribution in [3.8, 4) is 0 Å². The smallest absolute Gasteiger partial charge is 0.349 e. The number of rotatable bonds is 12. The highest BCUT2D eigenvalue weighted by Crippen LogP contribution is 2.67. The monoisotopic (exact) mass is 667 g/mol. The predicted octanol–water partition coefficient (Wildman–Crippen LogP) is 5.51. The van der Waals surface area contributed by atoms with Crippen LogP contribution in [0.15, 0.2) is 0 Å². The number of hydrogen-bond acceptors (Lipinski definition) is 9. The van der Waals surface area contributed by atoms with E-state index in [1.54, 1.807) is 11.8 Å². The molecule has 4 fully saturated rings. The number of carbonyl (C=O) groups is 4. The third kappa shape index (κ3) is 10.5. The van der Waals surface area contributed by atoms with E-state index < -0.39 is 17.5 Å². The van der Waals surface area contributed by atoms with Gasteiger partial charge in [-0.05, 0) is 132 Å². The highest BCUT2D eigenvalue weighted by Gasteiger charge is 2.60. The van der Waals surface area contributed by atoms with Gasteiger partial charge in [-0.2, -0.15) is 0 Å². The summed E-state index contributed by atoms with van der Waals surface area (Å²) in [6, 6.07) is 0. The van der Waals surface area contributed by atoms with Gasteiger partial charge in [-0.15, -0.1) is 0 Å². The number of fused-ring (bicyclic) bond motifs is 5. The molecule has 0 aromatic heterocycles. The molecule has 0 aromatic carbocycles. The van der Waals surface area contributed by atoms with Gasteiger partial charge >= 0.3 is 11.9 Å². The molecule has 0 radical (unpaired) electrons. The minimum absolute atomic E-state index is 0.00281. The summed E-state index contributed by atoms with van der Waals surface area (Å²) in [6.45, 7) is 15.2. The van der Waals surface area contributed by atoms with Crippen LogP contribution in [0, 0.1) is 46.3 Å². The van der Waals surface area contributed by atoms with Crippen LogP contribution in [0.4, 0.5) is 0 Å². The van der Waals surface area contributed by atoms with Crippen molar-refractivity contribution in [2.24, 2.45) is 46.3 Å². The lowest BCUT2D eigenvalue weighted by Gasteiger charge is -2.61. The molecule has 10 nitrogen and oxygen atoms in total. The van der Waals surface area contributed by atoms with Gasteiger partial charge in [0.25, 0.3) is 6.47 Å². The van der Waals surface area contributed by atoms with Crippen molar-refractivity contribution in [2.75, 3.05) is 39.5 Å². The van der Waals surface area contributed by atoms with Crippen LogP contribution < -0.4 is 0 Å². The second kappa shape index (κ2) is 18.6. The van der Waals surface area contributed by atoms with E-state index in [2.05, 4.69) is 20.8 Å². The summed E-state index contributed by atoms with van der Waals surface area (Å²) in [5.41, 5.74) is -0.379. The third-order valence-corrected chi connectivity index (χ3v) is 12.2. The van der Waals surface area contributed by atoms with Crippen LogP contribution in [0.5, 0.6) is 0 Å². The van der Waals surface area contributed by atoms with Gasteiger partial charge in [0.2, 0.25) is 5.60 Å². The molecule has 4 aliphatic carbocycles. The van der Waals surface area contributed by atoms with Crippen molar-refractivity contribution in [2.45, 2.75) is 125 Å². The molecule has 0 heterocycles. The second-order valence-corrected chi connectivity index (χ2v) is 15.6. The van der Waals surface area contributed by atoms with Crippen molar-refractivity contribution in [3.05, 3.63) is 0 Å². The molecular formula is C37H65NO9. The predicted molar refractivity (Wildman–Crippen MR) is 180 cm³/mol. The summed E-state index contributed by atoms with van der Waals surface area (Å²) < 4.78 is 10.0. The molecule has 0 saturated heterocycles. The molecule has 10 heteroatoms. The largest absolute Gasteiger partial charge is 0.483 e. The van der Waals surface area contributed by atoms with Crippen LogP contribution in [0.1, 0.15) is 119 Å². The van der Waals surface area contributed by atoms with E-state index in [9.17, 15) is 14.4 Å². The van der Waals surface area contributed by atoms with Gasteiger partial charge in [0, 0.05) is 32.2 Å². The van der Waals surface area contributed by atoms with Crippen LogP contribution in [0.25, 0.3) is 0 Å². The van der Waals surface area contributed by atoms with Crippen molar-refractivity contribution >= 4 is 24.2 Å². The van der Waals surface area contributed by atoms with Gasteiger partial charge in [-0.3, -0.25) is 19.3 Å².